The van der Waals surface area contributed by atoms with E-state index in [9.17, 15) is 10.1 Å². The average molecular weight is 269 g/mol. The summed E-state index contributed by atoms with van der Waals surface area (Å²) < 4.78 is 5.94. The van der Waals surface area contributed by atoms with E-state index in [0.717, 1.165) is 25.0 Å². The normalized spacial score (nSPS) is 28.6. The first-order chi connectivity index (χ1) is 9.63. The van der Waals surface area contributed by atoms with Crippen LogP contribution < -0.4 is 4.74 Å². The fourth-order valence-corrected chi connectivity index (χ4v) is 3.42. The molecule has 3 rings (SSSR count). The van der Waals surface area contributed by atoms with Gasteiger partial charge < -0.3 is 4.74 Å². The number of carbonyl (C=O) groups excluding carboxylic acids is 1. The highest BCUT2D eigenvalue weighted by molar-refractivity contribution is 5.88. The molecule has 1 aliphatic heterocycles. The van der Waals surface area contributed by atoms with E-state index in [0.29, 0.717) is 19.3 Å². The summed E-state index contributed by atoms with van der Waals surface area (Å²) in [6, 6.07) is 8.47. The van der Waals surface area contributed by atoms with Crippen molar-refractivity contribution in [1.29, 1.82) is 5.26 Å². The van der Waals surface area contributed by atoms with Gasteiger partial charge in [-0.15, -0.1) is 0 Å². The number of carbonyl (C=O) groups is 1. The summed E-state index contributed by atoms with van der Waals surface area (Å²) in [5, 5.41) is 9.51. The number of ether oxygens (including phenoxy) is 1. The summed E-state index contributed by atoms with van der Waals surface area (Å²) in [7, 11) is 0. The third kappa shape index (κ3) is 2.20. The Balaban J connectivity index is 1.76. The standard InChI is InChI=1S/C17H19NO2/c1-12-5-6-15-13(8-12)9-14(20-15)10-17(11-18)7-3-2-4-16(17)19/h5-6,8,14H,2-4,7,9-10H2,1H3. The highest BCUT2D eigenvalue weighted by Crippen LogP contribution is 2.40. The quantitative estimate of drug-likeness (QED) is 0.827. The minimum absolute atomic E-state index is 0.0338. The van der Waals surface area contributed by atoms with Crippen LogP contribution in [0.3, 0.4) is 0 Å². The summed E-state index contributed by atoms with van der Waals surface area (Å²) in [6.45, 7) is 2.06. The third-order valence-corrected chi connectivity index (χ3v) is 4.54. The molecular weight excluding hydrogens is 250 g/mol. The van der Waals surface area contributed by atoms with Crippen LogP contribution in [0.25, 0.3) is 0 Å². The van der Waals surface area contributed by atoms with Crippen molar-refractivity contribution in [1.82, 2.24) is 0 Å². The topological polar surface area (TPSA) is 50.1 Å². The van der Waals surface area contributed by atoms with Crippen molar-refractivity contribution < 1.29 is 9.53 Å². The Hall–Kier alpha value is -1.82. The van der Waals surface area contributed by atoms with Gasteiger partial charge in [0.25, 0.3) is 0 Å². The highest BCUT2D eigenvalue weighted by Gasteiger charge is 2.43. The summed E-state index contributed by atoms with van der Waals surface area (Å²) in [5.74, 6) is 1.03. The molecule has 0 N–H and O–H groups in total. The van der Waals surface area contributed by atoms with Gasteiger partial charge in [-0.1, -0.05) is 24.1 Å². The first-order valence-corrected chi connectivity index (χ1v) is 7.34. The molecule has 104 valence electrons. The van der Waals surface area contributed by atoms with Crippen LogP contribution in [-0.4, -0.2) is 11.9 Å². The summed E-state index contributed by atoms with van der Waals surface area (Å²) in [6.07, 6.45) is 4.45. The van der Waals surface area contributed by atoms with Crippen LogP contribution in [0.5, 0.6) is 5.75 Å². The molecule has 3 heteroatoms. The minimum Gasteiger partial charge on any atom is -0.490 e. The van der Waals surface area contributed by atoms with Gasteiger partial charge in [0.2, 0.25) is 0 Å². The van der Waals surface area contributed by atoms with E-state index in [-0.39, 0.29) is 11.9 Å². The number of hydrogen-bond acceptors (Lipinski definition) is 3. The molecule has 2 unspecified atom stereocenters. The second-order valence-corrected chi connectivity index (χ2v) is 6.08. The fourth-order valence-electron chi connectivity index (χ4n) is 3.42. The van der Waals surface area contributed by atoms with E-state index in [1.54, 1.807) is 0 Å². The van der Waals surface area contributed by atoms with Crippen molar-refractivity contribution in [2.75, 3.05) is 0 Å². The Morgan fingerprint density at radius 3 is 3.05 bits per heavy atom. The van der Waals surface area contributed by atoms with Gasteiger partial charge in [-0.05, 0) is 31.4 Å². The average Bonchev–Trinajstić information content (AvgIpc) is 2.82. The van der Waals surface area contributed by atoms with Crippen LogP contribution in [0, 0.1) is 23.7 Å². The van der Waals surface area contributed by atoms with E-state index in [1.807, 2.05) is 12.1 Å². The van der Waals surface area contributed by atoms with Gasteiger partial charge in [0, 0.05) is 19.3 Å². The minimum atomic E-state index is -0.806. The molecular formula is C17H19NO2. The zero-order chi connectivity index (χ0) is 14.2. The predicted octanol–water partition coefficient (Wildman–Crippen LogP) is 3.34. The third-order valence-electron chi connectivity index (χ3n) is 4.54. The fraction of sp³-hybridized carbons (Fsp3) is 0.529. The molecule has 1 aliphatic carbocycles. The molecule has 2 aliphatic rings. The summed E-state index contributed by atoms with van der Waals surface area (Å²) in [5.41, 5.74) is 1.61. The zero-order valence-corrected chi connectivity index (χ0v) is 11.8. The first-order valence-electron chi connectivity index (χ1n) is 7.34. The van der Waals surface area contributed by atoms with Crippen molar-refractivity contribution in [3.05, 3.63) is 29.3 Å². The molecule has 2 atom stereocenters. The summed E-state index contributed by atoms with van der Waals surface area (Å²) in [4.78, 5) is 12.2. The smallest absolute Gasteiger partial charge is 0.153 e. The van der Waals surface area contributed by atoms with Crippen molar-refractivity contribution in [2.24, 2.45) is 5.41 Å². The Morgan fingerprint density at radius 1 is 1.45 bits per heavy atom. The van der Waals surface area contributed by atoms with Gasteiger partial charge in [0.05, 0.1) is 6.07 Å². The van der Waals surface area contributed by atoms with Gasteiger partial charge >= 0.3 is 0 Å². The van der Waals surface area contributed by atoms with Gasteiger partial charge in [0.1, 0.15) is 17.3 Å². The SMILES string of the molecule is Cc1ccc2c(c1)CC(CC1(C#N)CCCCC1=O)O2. The van der Waals surface area contributed by atoms with E-state index < -0.39 is 5.41 Å². The molecule has 0 radical (unpaired) electrons. The second kappa shape index (κ2) is 4.94. The lowest BCUT2D eigenvalue weighted by atomic mass is 9.70. The number of ketones is 1. The predicted molar refractivity (Wildman–Crippen MR) is 75.4 cm³/mol. The van der Waals surface area contributed by atoms with E-state index in [4.69, 9.17) is 4.74 Å². The van der Waals surface area contributed by atoms with Gasteiger partial charge in [0.15, 0.2) is 5.78 Å². The monoisotopic (exact) mass is 269 g/mol. The van der Waals surface area contributed by atoms with E-state index in [2.05, 4.69) is 19.1 Å². The maximum atomic E-state index is 12.2. The van der Waals surface area contributed by atoms with Crippen LogP contribution in [0.4, 0.5) is 0 Å². The van der Waals surface area contributed by atoms with Crippen molar-refractivity contribution in [2.45, 2.75) is 51.6 Å². The molecule has 1 saturated carbocycles. The molecule has 0 saturated heterocycles. The number of rotatable bonds is 2. The molecule has 20 heavy (non-hydrogen) atoms. The van der Waals surface area contributed by atoms with Gasteiger partial charge in [-0.2, -0.15) is 5.26 Å². The maximum absolute atomic E-state index is 12.2. The number of aryl methyl sites for hydroxylation is 1. The number of fused-ring (bicyclic) bond motifs is 1. The number of nitriles is 1. The van der Waals surface area contributed by atoms with Gasteiger partial charge in [-0.3, -0.25) is 4.79 Å². The van der Waals surface area contributed by atoms with Crippen molar-refractivity contribution >= 4 is 5.78 Å². The van der Waals surface area contributed by atoms with Crippen molar-refractivity contribution in [3.63, 3.8) is 0 Å². The lowest BCUT2D eigenvalue weighted by molar-refractivity contribution is -0.129. The maximum Gasteiger partial charge on any atom is 0.153 e. The Kier molecular flexibility index (Phi) is 3.25. The Bertz CT molecular complexity index is 587. The number of nitrogens with zero attached hydrogens (tertiary/aromatic N) is 1. The summed E-state index contributed by atoms with van der Waals surface area (Å²) >= 11 is 0. The number of Topliss-reactive ketones (excluding diaryl/α,β-unsaturated/α-hetero) is 1. The molecule has 1 fully saturated rings. The molecule has 1 heterocycles. The van der Waals surface area contributed by atoms with Gasteiger partial charge in [-0.25, -0.2) is 0 Å². The largest absolute Gasteiger partial charge is 0.490 e. The van der Waals surface area contributed by atoms with E-state index >= 15 is 0 Å². The van der Waals surface area contributed by atoms with Crippen molar-refractivity contribution in [3.8, 4) is 11.8 Å². The number of hydrogen-bond donors (Lipinski definition) is 0. The zero-order valence-electron chi connectivity index (χ0n) is 11.8. The van der Waals surface area contributed by atoms with Crippen LogP contribution in [0.15, 0.2) is 18.2 Å². The molecule has 0 bridgehead atoms. The molecule has 1 aromatic rings. The first kappa shape index (κ1) is 13.2. The second-order valence-electron chi connectivity index (χ2n) is 6.08. The van der Waals surface area contributed by atoms with E-state index in [1.165, 1.54) is 11.1 Å². The molecule has 0 aromatic heterocycles. The molecule has 1 aromatic carbocycles. The highest BCUT2D eigenvalue weighted by atomic mass is 16.5. The lowest BCUT2D eigenvalue weighted by Crippen LogP contribution is -2.37. The molecule has 0 amide bonds. The Morgan fingerprint density at radius 2 is 2.30 bits per heavy atom. The van der Waals surface area contributed by atoms with Crippen LogP contribution in [-0.2, 0) is 11.2 Å². The van der Waals surface area contributed by atoms with Crippen LogP contribution >= 0.6 is 0 Å². The van der Waals surface area contributed by atoms with Crippen LogP contribution in [0.2, 0.25) is 0 Å². The Labute approximate surface area is 119 Å². The lowest BCUT2D eigenvalue weighted by Gasteiger charge is -2.31. The molecule has 0 spiro atoms. The van der Waals surface area contributed by atoms with Crippen LogP contribution in [0.1, 0.15) is 43.2 Å². The molecule has 3 nitrogen and oxygen atoms in total. The number of benzene rings is 1.